The number of aromatic nitrogens is 1. The molecule has 0 atom stereocenters. The molecular weight excluding hydrogens is 294 g/mol. The van der Waals surface area contributed by atoms with Crippen LogP contribution in [0.2, 0.25) is 5.02 Å². The van der Waals surface area contributed by atoms with Gasteiger partial charge in [0, 0.05) is 37.1 Å². The first kappa shape index (κ1) is 16.9. The Morgan fingerprint density at radius 1 is 1.00 bits per heavy atom. The molecule has 0 spiro atoms. The van der Waals surface area contributed by atoms with E-state index < -0.39 is 0 Å². The smallest absolute Gasteiger partial charge is 0.0406 e. The van der Waals surface area contributed by atoms with Crippen LogP contribution in [0.3, 0.4) is 0 Å². The van der Waals surface area contributed by atoms with E-state index in [0.717, 1.165) is 24.7 Å². The number of halogens is 1. The second-order valence-electron chi connectivity index (χ2n) is 6.50. The molecule has 22 heavy (non-hydrogen) atoms. The summed E-state index contributed by atoms with van der Waals surface area (Å²) in [5, 5.41) is 0.770. The van der Waals surface area contributed by atoms with Crippen molar-refractivity contribution in [2.75, 3.05) is 13.1 Å². The zero-order chi connectivity index (χ0) is 16.0. The summed E-state index contributed by atoms with van der Waals surface area (Å²) in [5.74, 6) is 0. The predicted molar refractivity (Wildman–Crippen MR) is 92.6 cm³/mol. The monoisotopic (exact) mass is 317 g/mol. The van der Waals surface area contributed by atoms with E-state index in [1.807, 2.05) is 24.5 Å². The van der Waals surface area contributed by atoms with Crippen LogP contribution in [-0.2, 0) is 13.1 Å². The summed E-state index contributed by atoms with van der Waals surface area (Å²) in [6, 6.07) is 12.2. The SMILES string of the molecule is CC(C)(CN)CN(Cc1ccncc1)Cc1ccc(Cl)cc1. The van der Waals surface area contributed by atoms with Crippen LogP contribution in [0.1, 0.15) is 25.0 Å². The third-order valence-electron chi connectivity index (χ3n) is 3.68. The van der Waals surface area contributed by atoms with Crippen LogP contribution in [-0.4, -0.2) is 23.0 Å². The summed E-state index contributed by atoms with van der Waals surface area (Å²) in [5.41, 5.74) is 8.51. The number of hydrogen-bond donors (Lipinski definition) is 1. The zero-order valence-electron chi connectivity index (χ0n) is 13.3. The maximum atomic E-state index is 5.97. The molecule has 0 fully saturated rings. The minimum absolute atomic E-state index is 0.0828. The highest BCUT2D eigenvalue weighted by atomic mass is 35.5. The minimum atomic E-state index is 0.0828. The normalized spacial score (nSPS) is 11.9. The molecule has 3 nitrogen and oxygen atoms in total. The Morgan fingerprint density at radius 3 is 2.09 bits per heavy atom. The van der Waals surface area contributed by atoms with Crippen LogP contribution in [0, 0.1) is 5.41 Å². The van der Waals surface area contributed by atoms with E-state index in [-0.39, 0.29) is 5.41 Å². The lowest BCUT2D eigenvalue weighted by molar-refractivity contribution is 0.168. The standard InChI is InChI=1S/C18H24ClN3/c1-18(2,13-20)14-22(12-16-7-9-21-10-8-16)11-15-3-5-17(19)6-4-15/h3-10H,11-14,20H2,1-2H3. The zero-order valence-corrected chi connectivity index (χ0v) is 14.1. The second-order valence-corrected chi connectivity index (χ2v) is 6.93. The van der Waals surface area contributed by atoms with Crippen molar-refractivity contribution in [3.63, 3.8) is 0 Å². The molecule has 0 aliphatic carbocycles. The fourth-order valence-electron chi connectivity index (χ4n) is 2.43. The molecule has 1 heterocycles. The van der Waals surface area contributed by atoms with Gasteiger partial charge in [0.2, 0.25) is 0 Å². The van der Waals surface area contributed by atoms with Crippen LogP contribution >= 0.6 is 11.6 Å². The summed E-state index contributed by atoms with van der Waals surface area (Å²) in [6.07, 6.45) is 3.67. The van der Waals surface area contributed by atoms with Crippen LogP contribution in [0.5, 0.6) is 0 Å². The van der Waals surface area contributed by atoms with Gasteiger partial charge in [-0.2, -0.15) is 0 Å². The van der Waals surface area contributed by atoms with Gasteiger partial charge in [-0.05, 0) is 47.4 Å². The van der Waals surface area contributed by atoms with Crippen molar-refractivity contribution in [1.82, 2.24) is 9.88 Å². The van der Waals surface area contributed by atoms with Gasteiger partial charge in [0.15, 0.2) is 0 Å². The molecule has 0 radical (unpaired) electrons. The van der Waals surface area contributed by atoms with Gasteiger partial charge in [0.05, 0.1) is 0 Å². The molecular formula is C18H24ClN3. The fraction of sp³-hybridized carbons (Fsp3) is 0.389. The molecule has 4 heteroatoms. The molecule has 0 aliphatic heterocycles. The lowest BCUT2D eigenvalue weighted by Crippen LogP contribution is -2.38. The molecule has 0 aliphatic rings. The molecule has 0 saturated heterocycles. The van der Waals surface area contributed by atoms with Crippen LogP contribution < -0.4 is 5.73 Å². The highest BCUT2D eigenvalue weighted by molar-refractivity contribution is 6.30. The van der Waals surface area contributed by atoms with Gasteiger partial charge in [-0.25, -0.2) is 0 Å². The molecule has 1 aromatic carbocycles. The maximum Gasteiger partial charge on any atom is 0.0406 e. The van der Waals surface area contributed by atoms with Gasteiger partial charge in [-0.1, -0.05) is 37.6 Å². The lowest BCUT2D eigenvalue weighted by atomic mass is 9.92. The molecule has 0 unspecified atom stereocenters. The lowest BCUT2D eigenvalue weighted by Gasteiger charge is -2.32. The predicted octanol–water partition coefficient (Wildman–Crippen LogP) is 3.72. The van der Waals surface area contributed by atoms with Gasteiger partial charge in [0.25, 0.3) is 0 Å². The number of rotatable bonds is 7. The van der Waals surface area contributed by atoms with Crippen molar-refractivity contribution in [2.24, 2.45) is 11.1 Å². The average Bonchev–Trinajstić information content (AvgIpc) is 2.50. The van der Waals surface area contributed by atoms with Crippen molar-refractivity contribution in [1.29, 1.82) is 0 Å². The van der Waals surface area contributed by atoms with Gasteiger partial charge < -0.3 is 5.73 Å². The largest absolute Gasteiger partial charge is 0.330 e. The van der Waals surface area contributed by atoms with Gasteiger partial charge >= 0.3 is 0 Å². The van der Waals surface area contributed by atoms with Gasteiger partial charge in [-0.15, -0.1) is 0 Å². The number of pyridine rings is 1. The highest BCUT2D eigenvalue weighted by Gasteiger charge is 2.20. The quantitative estimate of drug-likeness (QED) is 0.846. The average molecular weight is 318 g/mol. The van der Waals surface area contributed by atoms with E-state index in [9.17, 15) is 0 Å². The Kier molecular flexibility index (Phi) is 5.95. The number of nitrogens with zero attached hydrogens (tertiary/aromatic N) is 2. The summed E-state index contributed by atoms with van der Waals surface area (Å²) < 4.78 is 0. The first-order valence-electron chi connectivity index (χ1n) is 7.54. The van der Waals surface area contributed by atoms with Crippen molar-refractivity contribution in [3.05, 3.63) is 64.9 Å². The second kappa shape index (κ2) is 7.73. The van der Waals surface area contributed by atoms with Crippen LogP contribution in [0.15, 0.2) is 48.8 Å². The number of benzene rings is 1. The van der Waals surface area contributed by atoms with E-state index >= 15 is 0 Å². The first-order chi connectivity index (χ1) is 10.5. The number of hydrogen-bond acceptors (Lipinski definition) is 3. The molecule has 0 bridgehead atoms. The Bertz CT molecular complexity index is 567. The van der Waals surface area contributed by atoms with Gasteiger partial charge in [-0.3, -0.25) is 9.88 Å². The summed E-state index contributed by atoms with van der Waals surface area (Å²) in [7, 11) is 0. The fourth-order valence-corrected chi connectivity index (χ4v) is 2.56. The molecule has 2 rings (SSSR count). The van der Waals surface area contributed by atoms with Crippen LogP contribution in [0.4, 0.5) is 0 Å². The molecule has 0 saturated carbocycles. The van der Waals surface area contributed by atoms with E-state index in [1.165, 1.54) is 11.1 Å². The Hall–Kier alpha value is -1.42. The van der Waals surface area contributed by atoms with Crippen LogP contribution in [0.25, 0.3) is 0 Å². The summed E-state index contributed by atoms with van der Waals surface area (Å²) >= 11 is 5.97. The Balaban J connectivity index is 2.12. The summed E-state index contributed by atoms with van der Waals surface area (Å²) in [6.45, 7) is 7.77. The van der Waals surface area contributed by atoms with E-state index in [0.29, 0.717) is 6.54 Å². The number of nitrogens with two attached hydrogens (primary N) is 1. The van der Waals surface area contributed by atoms with Gasteiger partial charge in [0.1, 0.15) is 0 Å². The third kappa shape index (κ3) is 5.41. The molecule has 0 amide bonds. The van der Waals surface area contributed by atoms with Crippen molar-refractivity contribution < 1.29 is 0 Å². The van der Waals surface area contributed by atoms with E-state index in [4.69, 9.17) is 17.3 Å². The maximum absolute atomic E-state index is 5.97. The topological polar surface area (TPSA) is 42.1 Å². The van der Waals surface area contributed by atoms with Crippen molar-refractivity contribution in [2.45, 2.75) is 26.9 Å². The summed E-state index contributed by atoms with van der Waals surface area (Å²) in [4.78, 5) is 6.51. The minimum Gasteiger partial charge on any atom is -0.330 e. The molecule has 1 aromatic heterocycles. The Labute approximate surface area is 138 Å². The van der Waals surface area contributed by atoms with Crippen molar-refractivity contribution >= 4 is 11.6 Å². The highest BCUT2D eigenvalue weighted by Crippen LogP contribution is 2.20. The molecule has 118 valence electrons. The molecule has 2 aromatic rings. The van der Waals surface area contributed by atoms with E-state index in [1.54, 1.807) is 0 Å². The van der Waals surface area contributed by atoms with Crippen molar-refractivity contribution in [3.8, 4) is 0 Å². The first-order valence-corrected chi connectivity index (χ1v) is 7.92. The molecule has 2 N–H and O–H groups in total. The Morgan fingerprint density at radius 2 is 1.55 bits per heavy atom. The third-order valence-corrected chi connectivity index (χ3v) is 3.93. The van der Waals surface area contributed by atoms with E-state index in [2.05, 4.69) is 48.0 Å².